The largest absolute Gasteiger partial charge is 0.453 e. The summed E-state index contributed by atoms with van der Waals surface area (Å²) in [6.45, 7) is 10.5. The monoisotopic (exact) mass is 795 g/mol. The van der Waals surface area contributed by atoms with E-state index in [0.717, 1.165) is 46.5 Å². The van der Waals surface area contributed by atoms with Gasteiger partial charge in [-0.3, -0.25) is 14.4 Å². The van der Waals surface area contributed by atoms with E-state index in [1.165, 1.54) is 21.1 Å². The van der Waals surface area contributed by atoms with E-state index in [2.05, 4.69) is 30.6 Å². The zero-order valence-electron chi connectivity index (χ0n) is 34.1. The number of hydrogen-bond donors (Lipinski definition) is 4. The van der Waals surface area contributed by atoms with E-state index in [1.807, 2.05) is 76.2 Å². The molecule has 0 radical (unpaired) electrons. The van der Waals surface area contributed by atoms with E-state index in [-0.39, 0.29) is 48.7 Å². The SMILES string of the molecule is COC(=O)N[C@H](C(=O)N1CCC[C@H]1c1ncc(-c2ccc(-c3ccc(-c4cnc([C@@H]5CN(C(C)=O)CCN5C(=O)[C@@H](NC(=O)OC)C(C)C)[nH]4)cc3)cc2)[nH]1)C(C)C. The lowest BCUT2D eigenvalue weighted by Gasteiger charge is -2.42. The molecule has 2 aromatic carbocycles. The third kappa shape index (κ3) is 9.00. The molecule has 2 aliphatic heterocycles. The molecule has 6 rings (SSSR count). The second kappa shape index (κ2) is 17.9. The summed E-state index contributed by atoms with van der Waals surface area (Å²) in [6.07, 6.45) is 3.79. The van der Waals surface area contributed by atoms with Crippen molar-refractivity contribution in [3.63, 3.8) is 0 Å². The Bertz CT molecular complexity index is 2090. The minimum atomic E-state index is -0.811. The Balaban J connectivity index is 1.14. The highest BCUT2D eigenvalue weighted by Gasteiger charge is 2.40. The molecule has 58 heavy (non-hydrogen) atoms. The predicted octanol–water partition coefficient (Wildman–Crippen LogP) is 5.29. The van der Waals surface area contributed by atoms with Crippen LogP contribution in [0, 0.1) is 11.8 Å². The number of carbonyl (C=O) groups is 5. The summed E-state index contributed by atoms with van der Waals surface area (Å²) in [7, 11) is 2.54. The van der Waals surface area contributed by atoms with Crippen LogP contribution in [0.5, 0.6) is 0 Å². The Morgan fingerprint density at radius 1 is 0.655 bits per heavy atom. The predicted molar refractivity (Wildman–Crippen MR) is 216 cm³/mol. The van der Waals surface area contributed by atoms with Crippen molar-refractivity contribution < 1.29 is 33.4 Å². The van der Waals surface area contributed by atoms with E-state index in [1.54, 1.807) is 27.1 Å². The van der Waals surface area contributed by atoms with Gasteiger partial charge in [-0.25, -0.2) is 19.6 Å². The first-order chi connectivity index (χ1) is 27.8. The molecule has 2 aliphatic rings. The third-order valence-electron chi connectivity index (χ3n) is 11.0. The van der Waals surface area contributed by atoms with E-state index in [4.69, 9.17) is 9.47 Å². The molecule has 5 amide bonds. The van der Waals surface area contributed by atoms with Gasteiger partial charge < -0.3 is 44.8 Å². The summed E-state index contributed by atoms with van der Waals surface area (Å²) in [5, 5.41) is 5.35. The molecule has 0 aliphatic carbocycles. The number of alkyl carbamates (subject to hydrolysis) is 2. The lowest BCUT2D eigenvalue weighted by Crippen LogP contribution is -2.58. The molecular formula is C42H53N9O7. The number of hydrogen-bond acceptors (Lipinski definition) is 9. The number of rotatable bonds is 11. The lowest BCUT2D eigenvalue weighted by atomic mass is 10.0. The van der Waals surface area contributed by atoms with Crippen LogP contribution in [-0.4, -0.2) is 117 Å². The lowest BCUT2D eigenvalue weighted by molar-refractivity contribution is -0.144. The molecule has 4 aromatic rings. The van der Waals surface area contributed by atoms with Crippen molar-refractivity contribution in [2.24, 2.45) is 11.8 Å². The van der Waals surface area contributed by atoms with Gasteiger partial charge in [-0.05, 0) is 46.9 Å². The molecule has 4 heterocycles. The van der Waals surface area contributed by atoms with Crippen molar-refractivity contribution in [1.29, 1.82) is 0 Å². The van der Waals surface area contributed by atoms with Crippen LogP contribution < -0.4 is 10.6 Å². The second-order valence-corrected chi connectivity index (χ2v) is 15.4. The Hall–Kier alpha value is -6.19. The van der Waals surface area contributed by atoms with Crippen LogP contribution >= 0.6 is 0 Å². The van der Waals surface area contributed by atoms with Gasteiger partial charge >= 0.3 is 12.2 Å². The number of ether oxygens (including phenoxy) is 2. The average Bonchev–Trinajstić information content (AvgIpc) is 4.03. The summed E-state index contributed by atoms with van der Waals surface area (Å²) < 4.78 is 9.52. The van der Waals surface area contributed by atoms with Gasteiger partial charge in [0.15, 0.2) is 0 Å². The Morgan fingerprint density at radius 3 is 1.52 bits per heavy atom. The third-order valence-corrected chi connectivity index (χ3v) is 11.0. The van der Waals surface area contributed by atoms with Gasteiger partial charge in [0, 0.05) is 33.1 Å². The summed E-state index contributed by atoms with van der Waals surface area (Å²) in [6, 6.07) is 13.9. The molecular weight excluding hydrogens is 743 g/mol. The Kier molecular flexibility index (Phi) is 12.8. The van der Waals surface area contributed by atoms with E-state index in [0.29, 0.717) is 24.7 Å². The van der Waals surface area contributed by atoms with Gasteiger partial charge in [0.05, 0.1) is 44.0 Å². The van der Waals surface area contributed by atoms with Gasteiger partial charge in [-0.2, -0.15) is 0 Å². The first kappa shape index (κ1) is 41.4. The minimum absolute atomic E-state index is 0.0914. The van der Waals surface area contributed by atoms with Crippen LogP contribution in [0.4, 0.5) is 9.59 Å². The summed E-state index contributed by atoms with van der Waals surface area (Å²) in [5.41, 5.74) is 5.48. The van der Waals surface area contributed by atoms with Crippen LogP contribution in [0.3, 0.4) is 0 Å². The highest BCUT2D eigenvalue weighted by Crippen LogP contribution is 2.34. The van der Waals surface area contributed by atoms with Gasteiger partial charge in [0.2, 0.25) is 17.7 Å². The van der Waals surface area contributed by atoms with E-state index >= 15 is 0 Å². The topological polar surface area (TPSA) is 195 Å². The molecule has 4 N–H and O–H groups in total. The van der Waals surface area contributed by atoms with Gasteiger partial charge in [0.1, 0.15) is 29.8 Å². The molecule has 0 bridgehead atoms. The van der Waals surface area contributed by atoms with Crippen molar-refractivity contribution in [1.82, 2.24) is 45.3 Å². The second-order valence-electron chi connectivity index (χ2n) is 15.4. The molecule has 4 atom stereocenters. The number of carbonyl (C=O) groups excluding carboxylic acids is 5. The number of piperazine rings is 1. The van der Waals surface area contributed by atoms with Crippen LogP contribution in [0.2, 0.25) is 0 Å². The van der Waals surface area contributed by atoms with Gasteiger partial charge in [-0.1, -0.05) is 76.2 Å². The zero-order valence-corrected chi connectivity index (χ0v) is 34.1. The number of nitrogens with zero attached hydrogens (tertiary/aromatic N) is 5. The number of methoxy groups -OCH3 is 2. The molecule has 0 unspecified atom stereocenters. The maximum absolute atomic E-state index is 13.8. The van der Waals surface area contributed by atoms with Crippen molar-refractivity contribution >= 4 is 29.9 Å². The van der Waals surface area contributed by atoms with Gasteiger partial charge in [-0.15, -0.1) is 0 Å². The minimum Gasteiger partial charge on any atom is -0.453 e. The molecule has 2 fully saturated rings. The highest BCUT2D eigenvalue weighted by atomic mass is 16.5. The fourth-order valence-electron chi connectivity index (χ4n) is 7.63. The Labute approximate surface area is 338 Å². The molecule has 308 valence electrons. The Morgan fingerprint density at radius 2 is 1.09 bits per heavy atom. The standard InChI is InChI=1S/C42H53N9O7/c1-24(2)35(47-41(55)57-6)39(53)50-18-8-9-33(50)37-43-21-31(45-37)29-14-10-27(11-15-29)28-12-16-30(17-13-28)32-22-44-38(46-32)34-23-49(26(5)52)19-20-51(34)40(54)36(25(3)4)48-42(56)58-7/h10-17,21-22,24-25,33-36H,8-9,18-20,23H2,1-7H3,(H,43,45)(H,44,46)(H,47,55)(H,48,56)/t33-,34-,35-,36-/m0/s1. The van der Waals surface area contributed by atoms with Crippen molar-refractivity contribution in [3.05, 3.63) is 72.6 Å². The molecule has 16 heteroatoms. The maximum atomic E-state index is 13.8. The summed E-state index contributed by atoms with van der Waals surface area (Å²) >= 11 is 0. The quantitative estimate of drug-likeness (QED) is 0.156. The summed E-state index contributed by atoms with van der Waals surface area (Å²) in [5.74, 6) is 0.414. The van der Waals surface area contributed by atoms with Crippen molar-refractivity contribution in [2.45, 2.75) is 71.6 Å². The fourth-order valence-corrected chi connectivity index (χ4v) is 7.63. The highest BCUT2D eigenvalue weighted by molar-refractivity contribution is 5.87. The fraction of sp³-hybridized carbons (Fsp3) is 0.452. The maximum Gasteiger partial charge on any atom is 0.407 e. The number of likely N-dealkylation sites (tertiary alicyclic amines) is 1. The van der Waals surface area contributed by atoms with Crippen LogP contribution in [0.15, 0.2) is 60.9 Å². The van der Waals surface area contributed by atoms with E-state index < -0.39 is 30.3 Å². The van der Waals surface area contributed by atoms with E-state index in [9.17, 15) is 24.0 Å². The normalized spacial score (nSPS) is 17.9. The number of aromatic nitrogens is 4. The van der Waals surface area contributed by atoms with Crippen molar-refractivity contribution in [2.75, 3.05) is 40.4 Å². The number of benzene rings is 2. The first-order valence-corrected chi connectivity index (χ1v) is 19.7. The van der Waals surface area contributed by atoms with Crippen molar-refractivity contribution in [3.8, 4) is 33.6 Å². The number of nitrogens with one attached hydrogen (secondary N) is 4. The van der Waals surface area contributed by atoms with Gasteiger partial charge in [0.25, 0.3) is 0 Å². The molecule has 16 nitrogen and oxygen atoms in total. The van der Waals surface area contributed by atoms with Crippen LogP contribution in [0.25, 0.3) is 33.6 Å². The molecule has 0 saturated carbocycles. The number of amides is 5. The number of H-pyrrole nitrogens is 2. The number of aromatic amines is 2. The smallest absolute Gasteiger partial charge is 0.407 e. The average molecular weight is 796 g/mol. The van der Waals surface area contributed by atoms with Crippen LogP contribution in [0.1, 0.15) is 71.2 Å². The number of imidazole rings is 2. The molecule has 2 aromatic heterocycles. The molecule has 0 spiro atoms. The first-order valence-electron chi connectivity index (χ1n) is 19.7. The zero-order chi connectivity index (χ0) is 41.7. The van der Waals surface area contributed by atoms with Crippen LogP contribution in [-0.2, 0) is 23.9 Å². The summed E-state index contributed by atoms with van der Waals surface area (Å²) in [4.78, 5) is 85.1. The molecule has 2 saturated heterocycles.